The third-order valence-corrected chi connectivity index (χ3v) is 4.54. The summed E-state index contributed by atoms with van der Waals surface area (Å²) >= 11 is 5.91. The van der Waals surface area contributed by atoms with Crippen LogP contribution in [0.4, 0.5) is 5.69 Å². The van der Waals surface area contributed by atoms with Crippen LogP contribution >= 0.6 is 11.6 Å². The lowest BCUT2D eigenvalue weighted by Crippen LogP contribution is -2.13. The monoisotopic (exact) mass is 311 g/mol. The van der Waals surface area contributed by atoms with E-state index < -0.39 is 10.0 Å². The van der Waals surface area contributed by atoms with Crippen molar-refractivity contribution < 1.29 is 13.5 Å². The number of hydrogen-bond donors (Lipinski definition) is 2. The number of aryl methyl sites for hydroxylation is 1. The van der Waals surface area contributed by atoms with E-state index >= 15 is 0 Å². The molecule has 0 unspecified atom stereocenters. The van der Waals surface area contributed by atoms with Crippen LogP contribution in [0.15, 0.2) is 47.4 Å². The fraction of sp³-hybridized carbons (Fsp3) is 0.143. The average Bonchev–Trinajstić information content (AvgIpc) is 2.41. The molecule has 20 heavy (non-hydrogen) atoms. The van der Waals surface area contributed by atoms with Crippen molar-refractivity contribution in [3.63, 3.8) is 0 Å². The number of rotatable bonds is 4. The van der Waals surface area contributed by atoms with E-state index in [0.717, 1.165) is 5.56 Å². The molecule has 2 N–H and O–H groups in total. The normalized spacial score (nSPS) is 11.3. The Morgan fingerprint density at radius 1 is 1.15 bits per heavy atom. The smallest absolute Gasteiger partial charge is 0.261 e. The summed E-state index contributed by atoms with van der Waals surface area (Å²) in [6.07, 6.45) is 0. The first-order chi connectivity index (χ1) is 9.42. The Bertz CT molecular complexity index is 712. The standard InChI is InChI=1S/C14H14ClNO3S/c1-10-2-5-12(6-3-10)16-20(18,19)13-7-4-11(9-17)14(15)8-13/h2-8,16-17H,9H2,1H3. The van der Waals surface area contributed by atoms with E-state index in [4.69, 9.17) is 16.7 Å². The Labute approximate surface area is 123 Å². The molecule has 106 valence electrons. The minimum absolute atomic E-state index is 0.0558. The van der Waals surface area contributed by atoms with Crippen molar-refractivity contribution >= 4 is 27.3 Å². The average molecular weight is 312 g/mol. The molecule has 0 amide bonds. The van der Waals surface area contributed by atoms with Gasteiger partial charge in [-0.15, -0.1) is 0 Å². The number of anilines is 1. The van der Waals surface area contributed by atoms with Crippen LogP contribution in [0.3, 0.4) is 0 Å². The largest absolute Gasteiger partial charge is 0.392 e. The first kappa shape index (κ1) is 14.8. The summed E-state index contributed by atoms with van der Waals surface area (Å²) in [4.78, 5) is 0.0558. The zero-order valence-electron chi connectivity index (χ0n) is 10.8. The summed E-state index contributed by atoms with van der Waals surface area (Å²) in [6.45, 7) is 1.69. The van der Waals surface area contributed by atoms with Crippen LogP contribution in [0.1, 0.15) is 11.1 Å². The molecule has 0 spiro atoms. The van der Waals surface area contributed by atoms with Crippen molar-refractivity contribution in [1.82, 2.24) is 0 Å². The predicted octanol–water partition coefficient (Wildman–Crippen LogP) is 2.94. The molecule has 2 aromatic rings. The highest BCUT2D eigenvalue weighted by atomic mass is 35.5. The van der Waals surface area contributed by atoms with Crippen LogP contribution in [-0.2, 0) is 16.6 Å². The molecule has 2 rings (SSSR count). The number of sulfonamides is 1. The number of aliphatic hydroxyl groups is 1. The Balaban J connectivity index is 2.30. The fourth-order valence-corrected chi connectivity index (χ4v) is 3.05. The van der Waals surface area contributed by atoms with Crippen molar-refractivity contribution in [2.75, 3.05) is 4.72 Å². The molecular formula is C14H14ClNO3S. The van der Waals surface area contributed by atoms with Crippen LogP contribution in [0.2, 0.25) is 5.02 Å². The van der Waals surface area contributed by atoms with Crippen molar-refractivity contribution in [2.45, 2.75) is 18.4 Å². The molecule has 6 heteroatoms. The summed E-state index contributed by atoms with van der Waals surface area (Å²) in [7, 11) is -3.69. The van der Waals surface area contributed by atoms with Gasteiger partial charge in [0.1, 0.15) is 0 Å². The summed E-state index contributed by atoms with van der Waals surface area (Å²) in [5.74, 6) is 0. The molecule has 0 aromatic heterocycles. The quantitative estimate of drug-likeness (QED) is 0.912. The maximum absolute atomic E-state index is 12.2. The van der Waals surface area contributed by atoms with Crippen LogP contribution in [0.5, 0.6) is 0 Å². The number of hydrogen-bond acceptors (Lipinski definition) is 3. The van der Waals surface area contributed by atoms with E-state index in [1.165, 1.54) is 18.2 Å². The molecule has 0 atom stereocenters. The number of benzene rings is 2. The van der Waals surface area contributed by atoms with Crippen molar-refractivity contribution in [3.8, 4) is 0 Å². The van der Waals surface area contributed by atoms with Gasteiger partial charge in [0.25, 0.3) is 10.0 Å². The molecule has 0 saturated heterocycles. The highest BCUT2D eigenvalue weighted by Crippen LogP contribution is 2.23. The summed E-state index contributed by atoms with van der Waals surface area (Å²) in [5, 5.41) is 9.25. The molecule has 0 aliphatic heterocycles. The van der Waals surface area contributed by atoms with Gasteiger partial charge < -0.3 is 5.11 Å². The van der Waals surface area contributed by atoms with E-state index in [2.05, 4.69) is 4.72 Å². The summed E-state index contributed by atoms with van der Waals surface area (Å²) in [5.41, 5.74) is 2.02. The van der Waals surface area contributed by atoms with Crippen LogP contribution in [0.25, 0.3) is 0 Å². The minimum atomic E-state index is -3.69. The van der Waals surface area contributed by atoms with Gasteiger partial charge in [0.05, 0.1) is 11.5 Å². The number of aliphatic hydroxyl groups excluding tert-OH is 1. The summed E-state index contributed by atoms with van der Waals surface area (Å²) in [6, 6.07) is 11.2. The van der Waals surface area contributed by atoms with Gasteiger partial charge in [-0.1, -0.05) is 35.4 Å². The molecule has 0 saturated carbocycles. The highest BCUT2D eigenvalue weighted by molar-refractivity contribution is 7.92. The van der Waals surface area contributed by atoms with Crippen LogP contribution in [0, 0.1) is 6.92 Å². The third-order valence-electron chi connectivity index (χ3n) is 2.81. The van der Waals surface area contributed by atoms with E-state index in [9.17, 15) is 8.42 Å². The fourth-order valence-electron chi connectivity index (χ4n) is 1.66. The maximum atomic E-state index is 12.2. The third kappa shape index (κ3) is 3.30. The predicted molar refractivity (Wildman–Crippen MR) is 79.4 cm³/mol. The molecule has 0 heterocycles. The zero-order chi connectivity index (χ0) is 14.8. The van der Waals surface area contributed by atoms with Gasteiger partial charge >= 0.3 is 0 Å². The highest BCUT2D eigenvalue weighted by Gasteiger charge is 2.15. The SMILES string of the molecule is Cc1ccc(NS(=O)(=O)c2ccc(CO)c(Cl)c2)cc1. The molecular weight excluding hydrogens is 298 g/mol. The maximum Gasteiger partial charge on any atom is 0.261 e. The summed E-state index contributed by atoms with van der Waals surface area (Å²) < 4.78 is 26.9. The Kier molecular flexibility index (Phi) is 4.32. The van der Waals surface area contributed by atoms with Gasteiger partial charge in [0.2, 0.25) is 0 Å². The second kappa shape index (κ2) is 5.83. The van der Waals surface area contributed by atoms with Gasteiger partial charge in [0.15, 0.2) is 0 Å². The molecule has 4 nitrogen and oxygen atoms in total. The lowest BCUT2D eigenvalue weighted by molar-refractivity contribution is 0.282. The van der Waals surface area contributed by atoms with E-state index in [1.807, 2.05) is 19.1 Å². The second-order valence-electron chi connectivity index (χ2n) is 4.38. The topological polar surface area (TPSA) is 66.4 Å². The zero-order valence-corrected chi connectivity index (χ0v) is 12.4. The number of nitrogens with one attached hydrogen (secondary N) is 1. The number of halogens is 1. The van der Waals surface area contributed by atoms with Crippen molar-refractivity contribution in [1.29, 1.82) is 0 Å². The molecule has 0 radical (unpaired) electrons. The molecule has 0 fully saturated rings. The first-order valence-corrected chi connectivity index (χ1v) is 7.77. The van der Waals surface area contributed by atoms with Gasteiger partial charge in [-0.3, -0.25) is 4.72 Å². The lowest BCUT2D eigenvalue weighted by atomic mass is 10.2. The van der Waals surface area contributed by atoms with E-state index in [1.54, 1.807) is 12.1 Å². The molecule has 2 aromatic carbocycles. The molecule has 0 aliphatic rings. The van der Waals surface area contributed by atoms with Crippen molar-refractivity contribution in [2.24, 2.45) is 0 Å². The lowest BCUT2D eigenvalue weighted by Gasteiger charge is -2.09. The van der Waals surface area contributed by atoms with Crippen LogP contribution < -0.4 is 4.72 Å². The molecule has 0 aliphatic carbocycles. The van der Waals surface area contributed by atoms with E-state index in [0.29, 0.717) is 11.3 Å². The second-order valence-corrected chi connectivity index (χ2v) is 6.47. The van der Waals surface area contributed by atoms with Gasteiger partial charge in [0, 0.05) is 10.7 Å². The minimum Gasteiger partial charge on any atom is -0.392 e. The molecule has 0 bridgehead atoms. The van der Waals surface area contributed by atoms with Gasteiger partial charge in [-0.05, 0) is 36.8 Å². The van der Waals surface area contributed by atoms with E-state index in [-0.39, 0.29) is 16.5 Å². The Morgan fingerprint density at radius 3 is 2.35 bits per heavy atom. The Hall–Kier alpha value is -1.56. The van der Waals surface area contributed by atoms with Crippen molar-refractivity contribution in [3.05, 3.63) is 58.6 Å². The first-order valence-electron chi connectivity index (χ1n) is 5.91. The van der Waals surface area contributed by atoms with Gasteiger partial charge in [-0.2, -0.15) is 0 Å². The van der Waals surface area contributed by atoms with Crippen LogP contribution in [-0.4, -0.2) is 13.5 Å². The Morgan fingerprint density at radius 2 is 1.80 bits per heavy atom. The van der Waals surface area contributed by atoms with Gasteiger partial charge in [-0.25, -0.2) is 8.42 Å².